The number of aromatic nitrogens is 1. The van der Waals surface area contributed by atoms with Crippen LogP contribution in [0.25, 0.3) is 0 Å². The minimum Gasteiger partial charge on any atom is -0.508 e. The predicted octanol–water partition coefficient (Wildman–Crippen LogP) is 1.25. The zero-order chi connectivity index (χ0) is 21.4. The Labute approximate surface area is 171 Å². The second-order valence-electron chi connectivity index (χ2n) is 6.17. The van der Waals surface area contributed by atoms with Gasteiger partial charge in [-0.2, -0.15) is 5.26 Å². The van der Waals surface area contributed by atoms with E-state index < -0.39 is 24.0 Å². The van der Waals surface area contributed by atoms with Gasteiger partial charge >= 0.3 is 0 Å². The van der Waals surface area contributed by atoms with Crippen molar-refractivity contribution >= 4 is 29.1 Å². The number of carbonyl (C=O) groups is 2. The monoisotopic (exact) mass is 418 g/mol. The average Bonchev–Trinajstić information content (AvgIpc) is 2.70. The molecule has 1 atom stereocenters. The fourth-order valence-corrected chi connectivity index (χ4v) is 2.65. The van der Waals surface area contributed by atoms with Crippen molar-refractivity contribution in [2.75, 3.05) is 25.6 Å². The third kappa shape index (κ3) is 5.89. The molecule has 0 aliphatic carbocycles. The lowest BCUT2D eigenvalue weighted by atomic mass is 10.0. The fourth-order valence-electron chi connectivity index (χ4n) is 2.45. The molecule has 1 aromatic carbocycles. The molecule has 10 heteroatoms. The molecule has 0 radical (unpaired) electrons. The summed E-state index contributed by atoms with van der Waals surface area (Å²) in [6, 6.07) is 8.98. The molecule has 1 aromatic heterocycles. The van der Waals surface area contributed by atoms with Gasteiger partial charge in [0.05, 0.1) is 25.7 Å². The minimum atomic E-state index is -1.61. The van der Waals surface area contributed by atoms with Crippen LogP contribution in [-0.4, -0.2) is 52.9 Å². The Morgan fingerprint density at radius 3 is 2.76 bits per heavy atom. The number of nitrogens with one attached hydrogen (secondary N) is 2. The molecule has 2 rings (SSSR count). The molecule has 152 valence electrons. The zero-order valence-corrected chi connectivity index (χ0v) is 16.2. The first kappa shape index (κ1) is 22.1. The smallest absolute Gasteiger partial charge is 0.271 e. The number of hydrogen-bond donors (Lipinski definition) is 4. The summed E-state index contributed by atoms with van der Waals surface area (Å²) in [6.07, 6.45) is 1.18. The van der Waals surface area contributed by atoms with E-state index in [0.29, 0.717) is 10.6 Å². The Kier molecular flexibility index (Phi) is 7.50. The molecule has 0 fully saturated rings. The van der Waals surface area contributed by atoms with Crippen molar-refractivity contribution in [3.8, 4) is 11.8 Å². The van der Waals surface area contributed by atoms with E-state index in [-0.39, 0.29) is 30.2 Å². The van der Waals surface area contributed by atoms with Crippen LogP contribution in [0.4, 0.5) is 5.69 Å². The number of hydrogen-bond acceptors (Lipinski definition) is 7. The number of nitriles is 1. The second kappa shape index (κ2) is 9.84. The Hall–Kier alpha value is -3.19. The lowest BCUT2D eigenvalue weighted by Gasteiger charge is -2.24. The molecule has 9 nitrogen and oxygen atoms in total. The first-order chi connectivity index (χ1) is 13.8. The molecule has 0 bridgehead atoms. The summed E-state index contributed by atoms with van der Waals surface area (Å²) in [6.45, 7) is -0.867. The number of pyridine rings is 1. The lowest BCUT2D eigenvalue weighted by Crippen LogP contribution is -2.53. The molecule has 0 saturated heterocycles. The standard InChI is InChI=1S/C19H19ClN4O5/c1-29-11-19(9-21,10-25)24-18(28)15-8-14(4-5-22-15)23-17(27)7-12-6-13(20)2-3-16(12)26/h2-6,8,25-26H,7,10-11H2,1H3,(H,24,28)(H,22,23,27). The molecule has 0 saturated carbocycles. The largest absolute Gasteiger partial charge is 0.508 e. The number of rotatable bonds is 8. The first-order valence-corrected chi connectivity index (χ1v) is 8.77. The number of ether oxygens (including phenoxy) is 1. The van der Waals surface area contributed by atoms with Crippen molar-refractivity contribution in [1.82, 2.24) is 10.3 Å². The van der Waals surface area contributed by atoms with E-state index in [9.17, 15) is 25.1 Å². The number of carbonyl (C=O) groups excluding carboxylic acids is 2. The SMILES string of the molecule is COCC(C#N)(CO)NC(=O)c1cc(NC(=O)Cc2cc(Cl)ccc2O)ccn1. The van der Waals surface area contributed by atoms with Gasteiger partial charge in [0.1, 0.15) is 11.4 Å². The molecular formula is C19H19ClN4O5. The predicted molar refractivity (Wildman–Crippen MR) is 104 cm³/mol. The molecule has 1 unspecified atom stereocenters. The van der Waals surface area contributed by atoms with Gasteiger partial charge in [-0.25, -0.2) is 0 Å². The summed E-state index contributed by atoms with van der Waals surface area (Å²) >= 11 is 5.87. The van der Waals surface area contributed by atoms with Crippen LogP contribution in [0.15, 0.2) is 36.5 Å². The normalized spacial score (nSPS) is 12.5. The molecule has 29 heavy (non-hydrogen) atoms. The molecule has 0 spiro atoms. The van der Waals surface area contributed by atoms with Crippen molar-refractivity contribution in [2.24, 2.45) is 0 Å². The van der Waals surface area contributed by atoms with Crippen molar-refractivity contribution in [1.29, 1.82) is 5.26 Å². The van der Waals surface area contributed by atoms with Crippen LogP contribution in [0.1, 0.15) is 16.1 Å². The van der Waals surface area contributed by atoms with E-state index in [2.05, 4.69) is 15.6 Å². The highest BCUT2D eigenvalue weighted by Gasteiger charge is 2.32. The van der Waals surface area contributed by atoms with Crippen molar-refractivity contribution in [3.63, 3.8) is 0 Å². The zero-order valence-electron chi connectivity index (χ0n) is 15.5. The fraction of sp³-hybridized carbons (Fsp3) is 0.263. The summed E-state index contributed by atoms with van der Waals surface area (Å²) in [5.41, 5.74) is -1.05. The molecule has 4 N–H and O–H groups in total. The van der Waals surface area contributed by atoms with Gasteiger partial charge in [0, 0.05) is 29.6 Å². The van der Waals surface area contributed by atoms with Gasteiger partial charge in [-0.15, -0.1) is 0 Å². The van der Waals surface area contributed by atoms with Crippen LogP contribution in [0.5, 0.6) is 5.75 Å². The number of nitrogens with zero attached hydrogens (tertiary/aromatic N) is 2. The van der Waals surface area contributed by atoms with Gasteiger partial charge in [0.15, 0.2) is 5.54 Å². The van der Waals surface area contributed by atoms with E-state index in [1.165, 1.54) is 43.6 Å². The van der Waals surface area contributed by atoms with Crippen LogP contribution in [0.2, 0.25) is 5.02 Å². The number of amides is 2. The highest BCUT2D eigenvalue weighted by molar-refractivity contribution is 6.30. The van der Waals surface area contributed by atoms with E-state index in [1.54, 1.807) is 0 Å². The maximum atomic E-state index is 12.4. The Morgan fingerprint density at radius 2 is 2.10 bits per heavy atom. The van der Waals surface area contributed by atoms with Crippen molar-refractivity contribution in [3.05, 3.63) is 52.8 Å². The first-order valence-electron chi connectivity index (χ1n) is 8.39. The van der Waals surface area contributed by atoms with Gasteiger partial charge in [0.25, 0.3) is 5.91 Å². The number of phenols is 1. The summed E-state index contributed by atoms with van der Waals surface area (Å²) in [5, 5.41) is 33.9. The lowest BCUT2D eigenvalue weighted by molar-refractivity contribution is -0.115. The van der Waals surface area contributed by atoms with E-state index in [1.807, 2.05) is 6.07 Å². The Bertz CT molecular complexity index is 946. The number of aliphatic hydroxyl groups excluding tert-OH is 1. The van der Waals surface area contributed by atoms with Gasteiger partial charge in [-0.1, -0.05) is 11.6 Å². The third-order valence-corrected chi connectivity index (χ3v) is 4.13. The molecular weight excluding hydrogens is 400 g/mol. The van der Waals surface area contributed by atoms with Crippen LogP contribution in [-0.2, 0) is 16.0 Å². The van der Waals surface area contributed by atoms with Crippen LogP contribution in [0, 0.1) is 11.3 Å². The number of halogens is 1. The van der Waals surface area contributed by atoms with Gasteiger partial charge in [-0.3, -0.25) is 14.6 Å². The number of benzene rings is 1. The van der Waals surface area contributed by atoms with Gasteiger partial charge in [0.2, 0.25) is 5.91 Å². The summed E-state index contributed by atoms with van der Waals surface area (Å²) in [5.74, 6) is -1.23. The number of aliphatic hydroxyl groups is 1. The van der Waals surface area contributed by atoms with E-state index in [0.717, 1.165) is 0 Å². The van der Waals surface area contributed by atoms with E-state index >= 15 is 0 Å². The summed E-state index contributed by atoms with van der Waals surface area (Å²) in [7, 11) is 1.33. The van der Waals surface area contributed by atoms with Gasteiger partial charge in [-0.05, 0) is 30.3 Å². The second-order valence-corrected chi connectivity index (χ2v) is 6.60. The maximum Gasteiger partial charge on any atom is 0.271 e. The highest BCUT2D eigenvalue weighted by atomic mass is 35.5. The topological polar surface area (TPSA) is 145 Å². The van der Waals surface area contributed by atoms with Gasteiger partial charge < -0.3 is 25.6 Å². The van der Waals surface area contributed by atoms with E-state index in [4.69, 9.17) is 16.3 Å². The third-order valence-electron chi connectivity index (χ3n) is 3.90. The molecule has 0 aliphatic rings. The summed E-state index contributed by atoms with van der Waals surface area (Å²) < 4.78 is 4.87. The number of anilines is 1. The Balaban J connectivity index is 2.10. The Morgan fingerprint density at radius 1 is 1.34 bits per heavy atom. The number of methoxy groups -OCH3 is 1. The van der Waals surface area contributed by atoms with Crippen molar-refractivity contribution < 1.29 is 24.5 Å². The quantitative estimate of drug-likeness (QED) is 0.504. The summed E-state index contributed by atoms with van der Waals surface area (Å²) in [4.78, 5) is 28.6. The van der Waals surface area contributed by atoms with Crippen LogP contribution in [0.3, 0.4) is 0 Å². The number of phenolic OH excluding ortho intramolecular Hbond substituents is 1. The van der Waals surface area contributed by atoms with Crippen molar-refractivity contribution in [2.45, 2.75) is 12.0 Å². The number of aromatic hydroxyl groups is 1. The van der Waals surface area contributed by atoms with Crippen LogP contribution < -0.4 is 10.6 Å². The van der Waals surface area contributed by atoms with Crippen LogP contribution >= 0.6 is 11.6 Å². The molecule has 2 aromatic rings. The maximum absolute atomic E-state index is 12.4. The highest BCUT2D eigenvalue weighted by Crippen LogP contribution is 2.22. The molecule has 1 heterocycles. The molecule has 0 aliphatic heterocycles. The minimum absolute atomic E-state index is 0.0608. The average molecular weight is 419 g/mol. The molecule has 2 amide bonds.